The number of carboxylic acids is 1. The molecule has 0 saturated carbocycles. The predicted octanol–water partition coefficient (Wildman–Crippen LogP) is 1.58. The summed E-state index contributed by atoms with van der Waals surface area (Å²) in [4.78, 5) is 25.6. The molecule has 0 aliphatic carbocycles. The first-order valence-corrected chi connectivity index (χ1v) is 6.58. The number of carbonyl (C=O) groups excluding carboxylic acids is 1. The molecule has 0 bridgehead atoms. The van der Waals surface area contributed by atoms with Gasteiger partial charge in [0.2, 0.25) is 0 Å². The number of hydrogen-bond donors (Lipinski definition) is 2. The van der Waals surface area contributed by atoms with Gasteiger partial charge in [-0.15, -0.1) is 0 Å². The Morgan fingerprint density at radius 1 is 1.58 bits per heavy atom. The average molecular weight is 265 g/mol. The van der Waals surface area contributed by atoms with Crippen LogP contribution < -0.4 is 0 Å². The van der Waals surface area contributed by atoms with E-state index in [0.29, 0.717) is 25.1 Å². The number of hydrogen-bond acceptors (Lipinski definition) is 3. The molecule has 19 heavy (non-hydrogen) atoms. The van der Waals surface area contributed by atoms with Crippen LogP contribution in [0.25, 0.3) is 0 Å². The summed E-state index contributed by atoms with van der Waals surface area (Å²) in [5, 5.41) is 16.2. The number of nitrogens with one attached hydrogen (secondary N) is 1. The molecule has 0 spiro atoms. The number of aryl methyl sites for hydroxylation is 1. The number of carboxylic acid groups (broad SMARTS) is 1. The highest BCUT2D eigenvalue weighted by molar-refractivity contribution is 5.97. The molecular weight excluding hydrogens is 246 g/mol. The normalized spacial score (nSPS) is 22.7. The molecule has 1 aliphatic heterocycles. The molecule has 104 valence electrons. The maximum Gasteiger partial charge on any atom is 0.329 e. The van der Waals surface area contributed by atoms with Crippen LogP contribution in [0.1, 0.15) is 48.8 Å². The van der Waals surface area contributed by atoms with Gasteiger partial charge in [-0.3, -0.25) is 9.89 Å². The first kappa shape index (κ1) is 13.6. The number of rotatable bonds is 4. The molecule has 1 saturated heterocycles. The highest BCUT2D eigenvalue weighted by Crippen LogP contribution is 2.35. The van der Waals surface area contributed by atoms with E-state index in [1.54, 1.807) is 6.07 Å². The van der Waals surface area contributed by atoms with Crippen LogP contribution in [0, 0.1) is 6.92 Å². The van der Waals surface area contributed by atoms with E-state index < -0.39 is 11.5 Å². The Balaban J connectivity index is 2.31. The molecular formula is C13H19N3O3. The Hall–Kier alpha value is -1.85. The zero-order chi connectivity index (χ0) is 14.0. The van der Waals surface area contributed by atoms with E-state index in [1.807, 2.05) is 13.8 Å². The number of aromatic nitrogens is 2. The number of aliphatic carboxylic acids is 1. The first-order chi connectivity index (χ1) is 9.01. The number of aromatic amines is 1. The zero-order valence-corrected chi connectivity index (χ0v) is 11.3. The Bertz CT molecular complexity index is 497. The summed E-state index contributed by atoms with van der Waals surface area (Å²) in [6.45, 7) is 4.23. The molecule has 1 amide bonds. The van der Waals surface area contributed by atoms with Crippen LogP contribution in [-0.4, -0.2) is 44.2 Å². The predicted molar refractivity (Wildman–Crippen MR) is 68.9 cm³/mol. The van der Waals surface area contributed by atoms with E-state index in [-0.39, 0.29) is 5.91 Å². The number of nitrogens with zero attached hydrogens (tertiary/aromatic N) is 2. The van der Waals surface area contributed by atoms with Crippen molar-refractivity contribution in [3.05, 3.63) is 17.5 Å². The van der Waals surface area contributed by atoms with Gasteiger partial charge in [0.25, 0.3) is 5.91 Å². The Kier molecular flexibility index (Phi) is 3.59. The molecule has 2 N–H and O–H groups in total. The SMILES string of the molecule is CCCC1(C(=O)O)CCCN1C(=O)c1cc(C)[nH]n1. The lowest BCUT2D eigenvalue weighted by atomic mass is 9.90. The van der Waals surface area contributed by atoms with Crippen LogP contribution in [0.3, 0.4) is 0 Å². The van der Waals surface area contributed by atoms with Crippen LogP contribution in [0.2, 0.25) is 0 Å². The average Bonchev–Trinajstić information content (AvgIpc) is 2.96. The lowest BCUT2D eigenvalue weighted by Gasteiger charge is -2.34. The summed E-state index contributed by atoms with van der Waals surface area (Å²) >= 11 is 0. The largest absolute Gasteiger partial charge is 0.479 e. The van der Waals surface area contributed by atoms with Gasteiger partial charge in [0.1, 0.15) is 11.2 Å². The van der Waals surface area contributed by atoms with Crippen LogP contribution >= 0.6 is 0 Å². The van der Waals surface area contributed by atoms with Crippen molar-refractivity contribution in [2.45, 2.75) is 45.1 Å². The minimum absolute atomic E-state index is 0.293. The molecule has 6 nitrogen and oxygen atoms in total. The monoisotopic (exact) mass is 265 g/mol. The number of carbonyl (C=O) groups is 2. The van der Waals surface area contributed by atoms with Crippen LogP contribution in [0.5, 0.6) is 0 Å². The smallest absolute Gasteiger partial charge is 0.329 e. The molecule has 1 fully saturated rings. The minimum Gasteiger partial charge on any atom is -0.479 e. The first-order valence-electron chi connectivity index (χ1n) is 6.58. The summed E-state index contributed by atoms with van der Waals surface area (Å²) in [6.07, 6.45) is 2.46. The van der Waals surface area contributed by atoms with Gasteiger partial charge in [-0.2, -0.15) is 5.10 Å². The van der Waals surface area contributed by atoms with Crippen molar-refractivity contribution in [3.8, 4) is 0 Å². The van der Waals surface area contributed by atoms with E-state index in [1.165, 1.54) is 4.90 Å². The standard InChI is InChI=1S/C13H19N3O3/c1-3-5-13(12(18)19)6-4-7-16(13)11(17)10-8-9(2)14-15-10/h8H,3-7H2,1-2H3,(H,14,15)(H,18,19). The quantitative estimate of drug-likeness (QED) is 0.865. The molecule has 1 aromatic rings. The Labute approximate surface area is 111 Å². The maximum atomic E-state index is 12.4. The van der Waals surface area contributed by atoms with Crippen molar-refractivity contribution in [1.82, 2.24) is 15.1 Å². The highest BCUT2D eigenvalue weighted by Gasteiger charge is 2.49. The Morgan fingerprint density at radius 2 is 2.32 bits per heavy atom. The van der Waals surface area contributed by atoms with Crippen molar-refractivity contribution in [1.29, 1.82) is 0 Å². The van der Waals surface area contributed by atoms with Gasteiger partial charge in [-0.1, -0.05) is 13.3 Å². The molecule has 0 radical (unpaired) electrons. The third-order valence-corrected chi connectivity index (χ3v) is 3.72. The zero-order valence-electron chi connectivity index (χ0n) is 11.3. The van der Waals surface area contributed by atoms with Gasteiger partial charge in [-0.25, -0.2) is 4.79 Å². The van der Waals surface area contributed by atoms with E-state index in [4.69, 9.17) is 0 Å². The lowest BCUT2D eigenvalue weighted by Crippen LogP contribution is -2.53. The Morgan fingerprint density at radius 3 is 2.84 bits per heavy atom. The molecule has 1 aromatic heterocycles. The van der Waals surface area contributed by atoms with Crippen molar-refractivity contribution >= 4 is 11.9 Å². The maximum absolute atomic E-state index is 12.4. The summed E-state index contributed by atoms with van der Waals surface area (Å²) in [5.41, 5.74) is 0.0266. The van der Waals surface area contributed by atoms with E-state index in [2.05, 4.69) is 10.2 Å². The number of H-pyrrole nitrogens is 1. The summed E-state index contributed by atoms with van der Waals surface area (Å²) in [7, 11) is 0. The van der Waals surface area contributed by atoms with Crippen LogP contribution in [0.4, 0.5) is 0 Å². The molecule has 2 rings (SSSR count). The summed E-state index contributed by atoms with van der Waals surface area (Å²) in [5.74, 6) is -1.20. The molecule has 1 unspecified atom stereocenters. The second kappa shape index (κ2) is 5.03. The third-order valence-electron chi connectivity index (χ3n) is 3.72. The van der Waals surface area contributed by atoms with Gasteiger partial charge < -0.3 is 10.0 Å². The number of amides is 1. The lowest BCUT2D eigenvalue weighted by molar-refractivity contribution is -0.148. The van der Waals surface area contributed by atoms with Crippen LogP contribution in [0.15, 0.2) is 6.07 Å². The fourth-order valence-electron chi connectivity index (χ4n) is 2.84. The molecule has 6 heteroatoms. The molecule has 0 aromatic carbocycles. The fraction of sp³-hybridized carbons (Fsp3) is 0.615. The van der Waals surface area contributed by atoms with E-state index in [9.17, 15) is 14.7 Å². The summed E-state index contributed by atoms with van der Waals surface area (Å²) < 4.78 is 0. The molecule has 1 atom stereocenters. The van der Waals surface area contributed by atoms with Gasteiger partial charge in [0.15, 0.2) is 0 Å². The fourth-order valence-corrected chi connectivity index (χ4v) is 2.84. The molecule has 1 aliphatic rings. The van der Waals surface area contributed by atoms with Gasteiger partial charge in [0, 0.05) is 12.2 Å². The topological polar surface area (TPSA) is 86.3 Å². The van der Waals surface area contributed by atoms with Crippen molar-refractivity contribution in [2.24, 2.45) is 0 Å². The summed E-state index contributed by atoms with van der Waals surface area (Å²) in [6, 6.07) is 1.65. The van der Waals surface area contributed by atoms with Crippen molar-refractivity contribution < 1.29 is 14.7 Å². The van der Waals surface area contributed by atoms with Crippen molar-refractivity contribution in [2.75, 3.05) is 6.54 Å². The third kappa shape index (κ3) is 2.22. The number of likely N-dealkylation sites (tertiary alicyclic amines) is 1. The second-order valence-corrected chi connectivity index (χ2v) is 5.08. The second-order valence-electron chi connectivity index (χ2n) is 5.08. The van der Waals surface area contributed by atoms with Crippen LogP contribution in [-0.2, 0) is 4.79 Å². The van der Waals surface area contributed by atoms with Gasteiger partial charge in [-0.05, 0) is 32.3 Å². The highest BCUT2D eigenvalue weighted by atomic mass is 16.4. The van der Waals surface area contributed by atoms with Gasteiger partial charge in [0.05, 0.1) is 0 Å². The van der Waals surface area contributed by atoms with E-state index >= 15 is 0 Å². The van der Waals surface area contributed by atoms with Crippen molar-refractivity contribution in [3.63, 3.8) is 0 Å². The molecule has 2 heterocycles. The minimum atomic E-state index is -1.06. The van der Waals surface area contributed by atoms with E-state index in [0.717, 1.165) is 18.5 Å². The van der Waals surface area contributed by atoms with Gasteiger partial charge >= 0.3 is 5.97 Å².